The van der Waals surface area contributed by atoms with Gasteiger partial charge in [0.05, 0.1) is 37.1 Å². The van der Waals surface area contributed by atoms with Crippen molar-refractivity contribution in [2.24, 2.45) is 17.1 Å². The highest BCUT2D eigenvalue weighted by atomic mass is 16.5. The summed E-state index contributed by atoms with van der Waals surface area (Å²) in [7, 11) is 1.52. The van der Waals surface area contributed by atoms with Crippen LogP contribution in [0.2, 0.25) is 0 Å². The number of ether oxygens (including phenoxy) is 2. The monoisotopic (exact) mass is 431 g/mol. The molecule has 1 aromatic carbocycles. The second-order valence-corrected chi connectivity index (χ2v) is 7.86. The molecule has 0 fully saturated rings. The molecule has 1 aliphatic heterocycles. The van der Waals surface area contributed by atoms with E-state index < -0.39 is 17.3 Å². The molecule has 1 aromatic rings. The lowest BCUT2D eigenvalue weighted by molar-refractivity contribution is -0.129. The van der Waals surface area contributed by atoms with Crippen LogP contribution >= 0.6 is 0 Å². The minimum absolute atomic E-state index is 0.0564. The molecule has 1 heterocycles. The van der Waals surface area contributed by atoms with Gasteiger partial charge >= 0.3 is 0 Å². The van der Waals surface area contributed by atoms with Crippen molar-refractivity contribution in [3.8, 4) is 29.7 Å². The average molecular weight is 431 g/mol. The molecule has 0 spiro atoms. The lowest BCUT2D eigenvalue weighted by atomic mass is 9.58. The third-order valence-electron chi connectivity index (χ3n) is 6.12. The number of carbonyl (C=O) groups is 1. The van der Waals surface area contributed by atoms with Crippen LogP contribution in [0.5, 0.6) is 11.5 Å². The van der Waals surface area contributed by atoms with Gasteiger partial charge in [-0.15, -0.1) is 0 Å². The molecule has 0 radical (unpaired) electrons. The van der Waals surface area contributed by atoms with E-state index in [9.17, 15) is 20.6 Å². The molecule has 0 saturated carbocycles. The smallest absolute Gasteiger partial charge is 0.219 e. The molecule has 2 aliphatic rings. The minimum atomic E-state index is -1.77. The maximum atomic E-state index is 12.1. The topological polar surface area (TPSA) is 136 Å². The number of nitrogens with two attached hydrogens (primary N) is 1. The maximum absolute atomic E-state index is 12.1. The number of rotatable bonds is 5. The summed E-state index contributed by atoms with van der Waals surface area (Å²) < 4.78 is 11.2. The highest BCUT2D eigenvalue weighted by molar-refractivity contribution is 5.74. The number of allylic oxidation sites excluding steroid dienone is 2. The van der Waals surface area contributed by atoms with Crippen LogP contribution < -0.4 is 15.2 Å². The number of hydrogen-bond acceptors (Lipinski definition) is 7. The van der Waals surface area contributed by atoms with E-state index in [1.54, 1.807) is 29.2 Å². The molecular weight excluding hydrogens is 406 g/mol. The van der Waals surface area contributed by atoms with E-state index >= 15 is 0 Å². The summed E-state index contributed by atoms with van der Waals surface area (Å²) in [4.78, 5) is 13.7. The quantitative estimate of drug-likeness (QED) is 0.757. The molecular formula is C24H25N5O3. The number of nitrogens with zero attached hydrogens (tertiary/aromatic N) is 4. The zero-order valence-corrected chi connectivity index (χ0v) is 18.4. The Morgan fingerprint density at radius 3 is 2.56 bits per heavy atom. The summed E-state index contributed by atoms with van der Waals surface area (Å²) in [5.74, 6) is -0.266. The largest absolute Gasteiger partial charge is 0.493 e. The summed E-state index contributed by atoms with van der Waals surface area (Å²) in [6.07, 6.45) is 2.62. The second-order valence-electron chi connectivity index (χ2n) is 7.86. The van der Waals surface area contributed by atoms with Crippen LogP contribution in [0.15, 0.2) is 41.1 Å². The van der Waals surface area contributed by atoms with Gasteiger partial charge < -0.3 is 20.1 Å². The molecule has 1 amide bonds. The molecule has 0 bridgehead atoms. The molecule has 8 heteroatoms. The van der Waals surface area contributed by atoms with Crippen molar-refractivity contribution in [3.63, 3.8) is 0 Å². The van der Waals surface area contributed by atoms with Crippen molar-refractivity contribution in [2.75, 3.05) is 26.8 Å². The standard InChI is InChI=1S/C24H25N5O3/c1-4-9-32-20-6-5-16(10-21(20)31-3)22-19-12-29(15(2)30)8-7-17(19)18(11-25)23(28)24(22,13-26)14-27/h5-7,10,19,22H,4,8-9,12,28H2,1-3H3/t19-,22+/m1/s1. The molecule has 3 rings (SSSR count). The molecule has 8 nitrogen and oxygen atoms in total. The Balaban J connectivity index is 2.25. The van der Waals surface area contributed by atoms with E-state index in [0.717, 1.165) is 6.42 Å². The Morgan fingerprint density at radius 2 is 2.00 bits per heavy atom. The number of amides is 1. The fourth-order valence-electron chi connectivity index (χ4n) is 4.52. The lowest BCUT2D eigenvalue weighted by Crippen LogP contribution is -2.48. The molecule has 2 N–H and O–H groups in total. The first-order valence-corrected chi connectivity index (χ1v) is 10.4. The predicted molar refractivity (Wildman–Crippen MR) is 116 cm³/mol. The van der Waals surface area contributed by atoms with Gasteiger partial charge in [-0.05, 0) is 29.7 Å². The second kappa shape index (κ2) is 9.04. The van der Waals surface area contributed by atoms with Gasteiger partial charge in [0.15, 0.2) is 16.9 Å². The summed E-state index contributed by atoms with van der Waals surface area (Å²) in [6.45, 7) is 4.59. The Labute approximate surface area is 187 Å². The Bertz CT molecular complexity index is 1100. The molecule has 2 atom stereocenters. The van der Waals surface area contributed by atoms with Crippen molar-refractivity contribution in [2.45, 2.75) is 26.2 Å². The van der Waals surface area contributed by atoms with Gasteiger partial charge in [-0.2, -0.15) is 15.8 Å². The number of benzene rings is 1. The number of nitriles is 3. The fraction of sp³-hybridized carbons (Fsp3) is 0.417. The van der Waals surface area contributed by atoms with Crippen LogP contribution in [-0.2, 0) is 4.79 Å². The summed E-state index contributed by atoms with van der Waals surface area (Å²) >= 11 is 0. The minimum Gasteiger partial charge on any atom is -0.493 e. The van der Waals surface area contributed by atoms with Gasteiger partial charge in [-0.25, -0.2) is 0 Å². The van der Waals surface area contributed by atoms with E-state index in [1.807, 2.05) is 6.92 Å². The third-order valence-corrected chi connectivity index (χ3v) is 6.12. The maximum Gasteiger partial charge on any atom is 0.219 e. The molecule has 0 unspecified atom stereocenters. The SMILES string of the molecule is CCCOc1ccc([C@H]2[C@@H]3CN(C(C)=O)CC=C3C(C#N)=C(N)C2(C#N)C#N)cc1OC. The third kappa shape index (κ3) is 3.53. The van der Waals surface area contributed by atoms with Gasteiger partial charge in [0.2, 0.25) is 5.91 Å². The molecule has 0 aromatic heterocycles. The van der Waals surface area contributed by atoms with Gasteiger partial charge in [-0.3, -0.25) is 4.79 Å². The number of carbonyl (C=O) groups excluding carboxylic acids is 1. The lowest BCUT2D eigenvalue weighted by Gasteiger charge is -2.45. The summed E-state index contributed by atoms with van der Waals surface area (Å²) in [5, 5.41) is 30.1. The molecule has 164 valence electrons. The average Bonchev–Trinajstić information content (AvgIpc) is 2.81. The van der Waals surface area contributed by atoms with Crippen molar-refractivity contribution in [1.82, 2.24) is 4.90 Å². The van der Waals surface area contributed by atoms with Crippen molar-refractivity contribution in [3.05, 3.63) is 46.7 Å². The van der Waals surface area contributed by atoms with Crippen molar-refractivity contribution >= 4 is 5.91 Å². The normalized spacial score (nSPS) is 21.4. The van der Waals surface area contributed by atoms with Crippen LogP contribution in [0.25, 0.3) is 0 Å². The van der Waals surface area contributed by atoms with Gasteiger partial charge in [0.25, 0.3) is 0 Å². The van der Waals surface area contributed by atoms with Crippen molar-refractivity contribution in [1.29, 1.82) is 15.8 Å². The Morgan fingerprint density at radius 1 is 1.28 bits per heavy atom. The zero-order valence-electron chi connectivity index (χ0n) is 18.4. The zero-order chi connectivity index (χ0) is 23.5. The van der Waals surface area contributed by atoms with Gasteiger partial charge in [-0.1, -0.05) is 19.1 Å². The number of hydrogen-bond donors (Lipinski definition) is 1. The first kappa shape index (κ1) is 22.7. The van der Waals surface area contributed by atoms with Crippen molar-refractivity contribution < 1.29 is 14.3 Å². The Hall–Kier alpha value is -3.96. The summed E-state index contributed by atoms with van der Waals surface area (Å²) in [6, 6.07) is 11.6. The van der Waals surface area contributed by atoms with E-state index in [2.05, 4.69) is 18.2 Å². The first-order valence-electron chi connectivity index (χ1n) is 10.4. The van der Waals surface area contributed by atoms with Crippen LogP contribution in [0.1, 0.15) is 31.7 Å². The fourth-order valence-corrected chi connectivity index (χ4v) is 4.52. The molecule has 0 saturated heterocycles. The highest BCUT2D eigenvalue weighted by Gasteiger charge is 2.54. The first-order chi connectivity index (χ1) is 15.4. The predicted octanol–water partition coefficient (Wildman–Crippen LogP) is 2.76. The van der Waals surface area contributed by atoms with Crippen LogP contribution in [0.4, 0.5) is 0 Å². The van der Waals surface area contributed by atoms with Crippen LogP contribution in [0, 0.1) is 45.3 Å². The van der Waals surface area contributed by atoms with Crippen LogP contribution in [0.3, 0.4) is 0 Å². The van der Waals surface area contributed by atoms with Gasteiger partial charge in [0, 0.05) is 31.8 Å². The van der Waals surface area contributed by atoms with E-state index in [4.69, 9.17) is 15.2 Å². The van der Waals surface area contributed by atoms with Gasteiger partial charge in [0.1, 0.15) is 6.07 Å². The summed E-state index contributed by atoms with van der Waals surface area (Å²) in [5.41, 5.74) is 5.95. The number of fused-ring (bicyclic) bond motifs is 1. The molecule has 1 aliphatic carbocycles. The van der Waals surface area contributed by atoms with E-state index in [0.29, 0.717) is 35.8 Å². The van der Waals surface area contributed by atoms with E-state index in [-0.39, 0.29) is 23.7 Å². The number of methoxy groups -OCH3 is 1. The molecule has 32 heavy (non-hydrogen) atoms. The van der Waals surface area contributed by atoms with E-state index in [1.165, 1.54) is 14.0 Å². The Kier molecular flexibility index (Phi) is 6.42. The van der Waals surface area contributed by atoms with Crippen LogP contribution in [-0.4, -0.2) is 37.6 Å². The highest BCUT2D eigenvalue weighted by Crippen LogP contribution is 2.54.